The van der Waals surface area contributed by atoms with Crippen molar-refractivity contribution in [1.29, 1.82) is 0 Å². The number of alkyl halides is 1. The summed E-state index contributed by atoms with van der Waals surface area (Å²) < 4.78 is 11.0. The topological polar surface area (TPSA) is 55.8 Å². The Kier molecular flexibility index (Phi) is 6.62. The summed E-state index contributed by atoms with van der Waals surface area (Å²) in [6.45, 7) is 0. The van der Waals surface area contributed by atoms with Gasteiger partial charge in [0.05, 0.1) is 4.87 Å². The Morgan fingerprint density at radius 3 is 2.77 bits per heavy atom. The van der Waals surface area contributed by atoms with Crippen LogP contribution in [-0.2, 0) is 14.3 Å². The maximum Gasteiger partial charge on any atom is 0.303 e. The Balaban J connectivity index is 1.94. The summed E-state index contributed by atoms with van der Waals surface area (Å²) >= 11 is 9.00. The highest BCUT2D eigenvalue weighted by atomic mass is 35.5. The molecule has 2 aliphatic heterocycles. The standard InChI is InChI=1S/C16H25ClO4S/c1-20-15(21-2)14-11-8-9-12(22-11)16(14,17)10-6-4-3-5-7-13(18)19/h4,6,11-12,14-15H,3,5,7-10H2,1-2H3,(H,18,19)/b6-4+/t11-,12+,14-,16-/m1/s1. The number of carboxylic acids is 1. The molecule has 2 fully saturated rings. The van der Waals surface area contributed by atoms with Gasteiger partial charge < -0.3 is 14.6 Å². The third-order valence-electron chi connectivity index (χ3n) is 4.66. The molecule has 2 heterocycles. The molecule has 4 atom stereocenters. The number of carboxylic acid groups (broad SMARTS) is 1. The summed E-state index contributed by atoms with van der Waals surface area (Å²) in [5.41, 5.74) is 0. The molecule has 1 N–H and O–H groups in total. The van der Waals surface area contributed by atoms with Crippen LogP contribution < -0.4 is 0 Å². The molecule has 0 aromatic carbocycles. The van der Waals surface area contributed by atoms with Gasteiger partial charge in [0.15, 0.2) is 6.29 Å². The van der Waals surface area contributed by atoms with Crippen molar-refractivity contribution in [3.8, 4) is 0 Å². The maximum atomic E-state index is 10.5. The van der Waals surface area contributed by atoms with Gasteiger partial charge in [0.25, 0.3) is 0 Å². The van der Waals surface area contributed by atoms with Gasteiger partial charge in [-0.1, -0.05) is 12.2 Å². The number of aliphatic carboxylic acids is 1. The molecule has 126 valence electrons. The highest BCUT2D eigenvalue weighted by Crippen LogP contribution is 2.61. The molecular weight excluding hydrogens is 324 g/mol. The first-order valence-corrected chi connectivity index (χ1v) is 9.11. The molecule has 2 saturated heterocycles. The van der Waals surface area contributed by atoms with Gasteiger partial charge in [-0.3, -0.25) is 4.79 Å². The SMILES string of the molecule is COC(OC)[C@H]1[C@H]2CC[C@H](S2)[C@]1(Cl)C/C=C/CCCC(=O)O. The molecule has 4 nitrogen and oxygen atoms in total. The fourth-order valence-electron chi connectivity index (χ4n) is 3.62. The normalized spacial score (nSPS) is 34.1. The molecule has 2 rings (SSSR count). The summed E-state index contributed by atoms with van der Waals surface area (Å²) in [7, 11) is 3.34. The van der Waals surface area contributed by atoms with Crippen molar-refractivity contribution in [3.05, 3.63) is 12.2 Å². The zero-order valence-electron chi connectivity index (χ0n) is 13.2. The van der Waals surface area contributed by atoms with E-state index in [0.29, 0.717) is 16.9 Å². The highest BCUT2D eigenvalue weighted by molar-refractivity contribution is 8.01. The van der Waals surface area contributed by atoms with Crippen LogP contribution in [0.1, 0.15) is 38.5 Å². The van der Waals surface area contributed by atoms with Crippen LogP contribution in [0.2, 0.25) is 0 Å². The van der Waals surface area contributed by atoms with Crippen molar-refractivity contribution in [3.63, 3.8) is 0 Å². The van der Waals surface area contributed by atoms with E-state index in [0.717, 1.165) is 19.3 Å². The van der Waals surface area contributed by atoms with Gasteiger partial charge >= 0.3 is 5.97 Å². The summed E-state index contributed by atoms with van der Waals surface area (Å²) in [4.78, 5) is 10.2. The van der Waals surface area contributed by atoms with Gasteiger partial charge in [0, 0.05) is 37.1 Å². The summed E-state index contributed by atoms with van der Waals surface area (Å²) in [5.74, 6) is -0.550. The van der Waals surface area contributed by atoms with Gasteiger partial charge in [-0.05, 0) is 32.1 Å². The molecule has 22 heavy (non-hydrogen) atoms. The Labute approximate surface area is 141 Å². The van der Waals surface area contributed by atoms with Gasteiger partial charge in [-0.15, -0.1) is 11.6 Å². The molecule has 0 radical (unpaired) electrons. The first-order valence-electron chi connectivity index (χ1n) is 7.79. The van der Waals surface area contributed by atoms with Crippen LogP contribution in [0.5, 0.6) is 0 Å². The monoisotopic (exact) mass is 348 g/mol. The van der Waals surface area contributed by atoms with Crippen LogP contribution in [0, 0.1) is 5.92 Å². The van der Waals surface area contributed by atoms with Crippen molar-refractivity contribution < 1.29 is 19.4 Å². The molecule has 0 saturated carbocycles. The lowest BCUT2D eigenvalue weighted by Gasteiger charge is -2.40. The Hall–Kier alpha value is -0.230. The number of thioether (sulfide) groups is 1. The fraction of sp³-hybridized carbons (Fsp3) is 0.812. The molecule has 0 spiro atoms. The number of hydrogen-bond acceptors (Lipinski definition) is 4. The summed E-state index contributed by atoms with van der Waals surface area (Å²) in [6.07, 6.45) is 8.68. The van der Waals surface area contributed by atoms with E-state index in [2.05, 4.69) is 12.2 Å². The van der Waals surface area contributed by atoms with Crippen molar-refractivity contribution in [2.75, 3.05) is 14.2 Å². The number of halogens is 1. The predicted octanol–water partition coefficient (Wildman–Crippen LogP) is 3.68. The average Bonchev–Trinajstić information content (AvgIpc) is 3.05. The van der Waals surface area contributed by atoms with E-state index in [1.807, 2.05) is 11.8 Å². The number of fused-ring (bicyclic) bond motifs is 2. The molecule has 0 amide bonds. The van der Waals surface area contributed by atoms with Crippen LogP contribution in [0.15, 0.2) is 12.2 Å². The minimum atomic E-state index is -0.741. The average molecular weight is 349 g/mol. The van der Waals surface area contributed by atoms with Crippen molar-refractivity contribution >= 4 is 29.3 Å². The first kappa shape index (κ1) is 18.1. The first-order chi connectivity index (χ1) is 10.5. The van der Waals surface area contributed by atoms with Gasteiger partial charge in [-0.25, -0.2) is 0 Å². The number of carbonyl (C=O) groups is 1. The quantitative estimate of drug-likeness (QED) is 0.298. The van der Waals surface area contributed by atoms with Crippen LogP contribution in [0.25, 0.3) is 0 Å². The third-order valence-corrected chi connectivity index (χ3v) is 7.32. The Morgan fingerprint density at radius 1 is 1.41 bits per heavy atom. The van der Waals surface area contributed by atoms with E-state index in [1.165, 1.54) is 6.42 Å². The number of methoxy groups -OCH3 is 2. The van der Waals surface area contributed by atoms with Crippen LogP contribution >= 0.6 is 23.4 Å². The second-order valence-electron chi connectivity index (χ2n) is 5.99. The van der Waals surface area contributed by atoms with Crippen molar-refractivity contribution in [2.45, 2.75) is 60.2 Å². The number of hydrogen-bond donors (Lipinski definition) is 1. The van der Waals surface area contributed by atoms with E-state index in [1.54, 1.807) is 14.2 Å². The third kappa shape index (κ3) is 3.81. The molecule has 6 heteroatoms. The smallest absolute Gasteiger partial charge is 0.303 e. The predicted molar refractivity (Wildman–Crippen MR) is 89.5 cm³/mol. The van der Waals surface area contributed by atoms with Gasteiger partial charge in [0.1, 0.15) is 0 Å². The lowest BCUT2D eigenvalue weighted by molar-refractivity contribution is -0.146. The molecule has 0 aromatic heterocycles. The lowest BCUT2D eigenvalue weighted by atomic mass is 9.76. The van der Waals surface area contributed by atoms with Crippen LogP contribution in [0.4, 0.5) is 0 Å². The minimum Gasteiger partial charge on any atom is -0.481 e. The number of unbranched alkanes of at least 4 members (excludes halogenated alkanes) is 1. The Bertz CT molecular complexity index is 413. The summed E-state index contributed by atoms with van der Waals surface area (Å²) in [6, 6.07) is 0. The van der Waals surface area contributed by atoms with Gasteiger partial charge in [-0.2, -0.15) is 11.8 Å². The fourth-order valence-corrected chi connectivity index (χ4v) is 6.28. The summed E-state index contributed by atoms with van der Waals surface area (Å²) in [5, 5.41) is 9.58. The molecule has 0 unspecified atom stereocenters. The van der Waals surface area contributed by atoms with E-state index in [9.17, 15) is 4.79 Å². The minimum absolute atomic E-state index is 0.191. The number of allylic oxidation sites excluding steroid dienone is 2. The Morgan fingerprint density at radius 2 is 2.14 bits per heavy atom. The molecule has 0 aliphatic carbocycles. The second-order valence-corrected chi connectivity index (χ2v) is 8.14. The van der Waals surface area contributed by atoms with E-state index in [4.69, 9.17) is 26.2 Å². The zero-order valence-corrected chi connectivity index (χ0v) is 14.7. The van der Waals surface area contributed by atoms with Crippen LogP contribution in [-0.4, -0.2) is 47.0 Å². The van der Waals surface area contributed by atoms with E-state index in [-0.39, 0.29) is 23.5 Å². The molecule has 0 aromatic rings. The molecule has 2 bridgehead atoms. The van der Waals surface area contributed by atoms with Crippen molar-refractivity contribution in [1.82, 2.24) is 0 Å². The van der Waals surface area contributed by atoms with E-state index < -0.39 is 5.97 Å². The molecular formula is C16H25ClO4S. The van der Waals surface area contributed by atoms with Gasteiger partial charge in [0.2, 0.25) is 0 Å². The molecule has 2 aliphatic rings. The highest BCUT2D eigenvalue weighted by Gasteiger charge is 2.60. The number of rotatable bonds is 9. The maximum absolute atomic E-state index is 10.5. The largest absolute Gasteiger partial charge is 0.481 e. The second kappa shape index (κ2) is 8.04. The lowest BCUT2D eigenvalue weighted by Crippen LogP contribution is -2.48. The van der Waals surface area contributed by atoms with E-state index >= 15 is 0 Å². The van der Waals surface area contributed by atoms with Crippen molar-refractivity contribution in [2.24, 2.45) is 5.92 Å². The van der Waals surface area contributed by atoms with Crippen LogP contribution in [0.3, 0.4) is 0 Å². The number of ether oxygens (including phenoxy) is 2. The zero-order chi connectivity index (χ0) is 16.2.